The van der Waals surface area contributed by atoms with Crippen LogP contribution in [0.15, 0.2) is 29.3 Å². The zero-order valence-corrected chi connectivity index (χ0v) is 18.6. The van der Waals surface area contributed by atoms with Gasteiger partial charge in [-0.3, -0.25) is 0 Å². The lowest BCUT2D eigenvalue weighted by molar-refractivity contribution is 0.119. The van der Waals surface area contributed by atoms with E-state index in [1.807, 2.05) is 17.8 Å². The molecule has 6 heteroatoms. The summed E-state index contributed by atoms with van der Waals surface area (Å²) in [7, 11) is 0. The molecule has 142 valence electrons. The summed E-state index contributed by atoms with van der Waals surface area (Å²) < 4.78 is 6.09. The summed E-state index contributed by atoms with van der Waals surface area (Å²) in [5, 5.41) is 6.74. The molecule has 2 rings (SSSR count). The van der Waals surface area contributed by atoms with Crippen molar-refractivity contribution in [2.24, 2.45) is 4.99 Å². The number of aliphatic imine (C=N–C) groups is 1. The molecule has 0 aliphatic heterocycles. The minimum atomic E-state index is 0. The Morgan fingerprint density at radius 3 is 2.72 bits per heavy atom. The highest BCUT2D eigenvalue weighted by Gasteiger charge is 2.20. The first-order valence-corrected chi connectivity index (χ1v) is 10.5. The van der Waals surface area contributed by atoms with E-state index in [1.165, 1.54) is 37.9 Å². The van der Waals surface area contributed by atoms with Gasteiger partial charge in [0.1, 0.15) is 5.75 Å². The standard InChI is InChI=1S/C19H31N3OS.HI/c1-3-20-19(21-13-6-7-14-24-2)22-15-16-9-4-5-12-18(16)23-17-10-8-11-17;/h4-5,9,12,17H,3,6-8,10-11,13-15H2,1-2H3,(H2,20,21,22);1H. The molecule has 1 saturated carbocycles. The maximum Gasteiger partial charge on any atom is 0.191 e. The normalized spacial score (nSPS) is 14.4. The Morgan fingerprint density at radius 2 is 2.04 bits per heavy atom. The third-order valence-electron chi connectivity index (χ3n) is 4.14. The Hall–Kier alpha value is -0.630. The highest BCUT2D eigenvalue weighted by Crippen LogP contribution is 2.27. The van der Waals surface area contributed by atoms with Crippen LogP contribution in [-0.2, 0) is 6.54 Å². The van der Waals surface area contributed by atoms with E-state index in [4.69, 9.17) is 9.73 Å². The Balaban J connectivity index is 0.00000312. The number of ether oxygens (including phenoxy) is 1. The van der Waals surface area contributed by atoms with Crippen molar-refractivity contribution < 1.29 is 4.74 Å². The van der Waals surface area contributed by atoms with Crippen LogP contribution in [0, 0.1) is 0 Å². The van der Waals surface area contributed by atoms with Gasteiger partial charge in [0, 0.05) is 18.7 Å². The lowest BCUT2D eigenvalue weighted by Crippen LogP contribution is -2.37. The number of rotatable bonds is 10. The van der Waals surface area contributed by atoms with Crippen LogP contribution < -0.4 is 15.4 Å². The summed E-state index contributed by atoms with van der Waals surface area (Å²) >= 11 is 1.90. The van der Waals surface area contributed by atoms with Crippen LogP contribution in [0.25, 0.3) is 0 Å². The van der Waals surface area contributed by atoms with Gasteiger partial charge < -0.3 is 15.4 Å². The molecule has 1 aromatic carbocycles. The zero-order chi connectivity index (χ0) is 17.0. The molecular formula is C19H32IN3OS. The molecule has 1 aliphatic carbocycles. The first-order chi connectivity index (χ1) is 11.8. The number of benzene rings is 1. The van der Waals surface area contributed by atoms with Gasteiger partial charge in [-0.15, -0.1) is 24.0 Å². The van der Waals surface area contributed by atoms with Gasteiger partial charge in [0.05, 0.1) is 12.6 Å². The maximum atomic E-state index is 6.09. The van der Waals surface area contributed by atoms with E-state index in [9.17, 15) is 0 Å². The molecule has 0 amide bonds. The van der Waals surface area contributed by atoms with Crippen molar-refractivity contribution >= 4 is 41.7 Å². The molecular weight excluding hydrogens is 445 g/mol. The maximum absolute atomic E-state index is 6.09. The van der Waals surface area contributed by atoms with Gasteiger partial charge in [-0.1, -0.05) is 18.2 Å². The molecule has 2 N–H and O–H groups in total. The van der Waals surface area contributed by atoms with Crippen molar-refractivity contribution in [3.63, 3.8) is 0 Å². The van der Waals surface area contributed by atoms with Crippen LogP contribution in [-0.4, -0.2) is 37.2 Å². The molecule has 0 heterocycles. The molecule has 1 fully saturated rings. The van der Waals surface area contributed by atoms with Gasteiger partial charge in [-0.25, -0.2) is 4.99 Å². The second-order valence-corrected chi connectivity index (χ2v) is 7.09. The van der Waals surface area contributed by atoms with E-state index in [2.05, 4.69) is 42.0 Å². The number of halogens is 1. The van der Waals surface area contributed by atoms with Gasteiger partial charge in [0.25, 0.3) is 0 Å². The van der Waals surface area contributed by atoms with Crippen LogP contribution in [0.1, 0.15) is 44.6 Å². The molecule has 4 nitrogen and oxygen atoms in total. The molecule has 0 spiro atoms. The fraction of sp³-hybridized carbons (Fsp3) is 0.632. The van der Waals surface area contributed by atoms with E-state index in [0.717, 1.165) is 30.4 Å². The molecule has 1 aliphatic rings. The van der Waals surface area contributed by atoms with Crippen molar-refractivity contribution in [2.45, 2.75) is 51.7 Å². The Morgan fingerprint density at radius 1 is 1.24 bits per heavy atom. The molecule has 0 saturated heterocycles. The Kier molecular flexibility index (Phi) is 12.2. The predicted molar refractivity (Wildman–Crippen MR) is 121 cm³/mol. The number of thioether (sulfide) groups is 1. The summed E-state index contributed by atoms with van der Waals surface area (Å²) in [6.07, 6.45) is 8.62. The topological polar surface area (TPSA) is 45.7 Å². The average molecular weight is 477 g/mol. The van der Waals surface area contributed by atoms with E-state index in [0.29, 0.717) is 12.6 Å². The van der Waals surface area contributed by atoms with Gasteiger partial charge >= 0.3 is 0 Å². The molecule has 1 aromatic rings. The van der Waals surface area contributed by atoms with E-state index in [1.54, 1.807) is 0 Å². The fourth-order valence-corrected chi connectivity index (χ4v) is 2.99. The Bertz CT molecular complexity index is 509. The van der Waals surface area contributed by atoms with Gasteiger partial charge in [0.15, 0.2) is 5.96 Å². The van der Waals surface area contributed by atoms with Gasteiger partial charge in [-0.2, -0.15) is 11.8 Å². The lowest BCUT2D eigenvalue weighted by atomic mass is 9.96. The second-order valence-electron chi connectivity index (χ2n) is 6.10. The number of unbranched alkanes of at least 4 members (excludes halogenated alkanes) is 1. The fourth-order valence-electron chi connectivity index (χ4n) is 2.50. The van der Waals surface area contributed by atoms with Crippen molar-refractivity contribution in [3.8, 4) is 5.75 Å². The largest absolute Gasteiger partial charge is 0.490 e. The number of guanidine groups is 1. The van der Waals surface area contributed by atoms with Crippen LogP contribution in [0.5, 0.6) is 5.75 Å². The molecule has 0 radical (unpaired) electrons. The Labute approximate surface area is 174 Å². The number of hydrogen-bond donors (Lipinski definition) is 2. The predicted octanol–water partition coefficient (Wildman–Crippen LogP) is 4.43. The summed E-state index contributed by atoms with van der Waals surface area (Å²) in [5.41, 5.74) is 1.16. The van der Waals surface area contributed by atoms with E-state index >= 15 is 0 Å². The van der Waals surface area contributed by atoms with Gasteiger partial charge in [-0.05, 0) is 57.1 Å². The molecule has 0 atom stereocenters. The monoisotopic (exact) mass is 477 g/mol. The third-order valence-corrected chi connectivity index (χ3v) is 4.83. The summed E-state index contributed by atoms with van der Waals surface area (Å²) in [5.74, 6) is 3.10. The zero-order valence-electron chi connectivity index (χ0n) is 15.4. The lowest BCUT2D eigenvalue weighted by Gasteiger charge is -2.27. The summed E-state index contributed by atoms with van der Waals surface area (Å²) in [6, 6.07) is 8.27. The molecule has 25 heavy (non-hydrogen) atoms. The van der Waals surface area contributed by atoms with E-state index in [-0.39, 0.29) is 24.0 Å². The van der Waals surface area contributed by atoms with Gasteiger partial charge in [0.2, 0.25) is 0 Å². The van der Waals surface area contributed by atoms with E-state index < -0.39 is 0 Å². The van der Waals surface area contributed by atoms with Crippen LogP contribution in [0.3, 0.4) is 0 Å². The summed E-state index contributed by atoms with van der Waals surface area (Å²) in [4.78, 5) is 4.72. The highest BCUT2D eigenvalue weighted by atomic mass is 127. The first kappa shape index (κ1) is 22.4. The number of nitrogens with one attached hydrogen (secondary N) is 2. The van der Waals surface area contributed by atoms with Crippen molar-refractivity contribution in [2.75, 3.05) is 25.1 Å². The number of para-hydroxylation sites is 1. The van der Waals surface area contributed by atoms with Crippen molar-refractivity contribution in [1.29, 1.82) is 0 Å². The van der Waals surface area contributed by atoms with Crippen molar-refractivity contribution in [1.82, 2.24) is 10.6 Å². The third kappa shape index (κ3) is 8.53. The molecule has 0 unspecified atom stereocenters. The SMILES string of the molecule is CCNC(=NCc1ccccc1OC1CCC1)NCCCCSC.I. The minimum absolute atomic E-state index is 0. The molecule has 0 bridgehead atoms. The minimum Gasteiger partial charge on any atom is -0.490 e. The second kappa shape index (κ2) is 13.6. The average Bonchev–Trinajstić information content (AvgIpc) is 2.56. The molecule has 0 aromatic heterocycles. The smallest absolute Gasteiger partial charge is 0.191 e. The van der Waals surface area contributed by atoms with Crippen LogP contribution in [0.4, 0.5) is 0 Å². The first-order valence-electron chi connectivity index (χ1n) is 9.09. The number of hydrogen-bond acceptors (Lipinski definition) is 3. The number of nitrogens with zero attached hydrogens (tertiary/aromatic N) is 1. The van der Waals surface area contributed by atoms with Crippen molar-refractivity contribution in [3.05, 3.63) is 29.8 Å². The highest BCUT2D eigenvalue weighted by molar-refractivity contribution is 14.0. The summed E-state index contributed by atoms with van der Waals surface area (Å²) in [6.45, 7) is 4.57. The quantitative estimate of drug-likeness (QED) is 0.227. The van der Waals surface area contributed by atoms with Crippen LogP contribution in [0.2, 0.25) is 0 Å². The van der Waals surface area contributed by atoms with Crippen LogP contribution >= 0.6 is 35.7 Å².